The van der Waals surface area contributed by atoms with Crippen LogP contribution in [-0.2, 0) is 19.1 Å². The van der Waals surface area contributed by atoms with E-state index in [1.165, 1.54) is 0 Å². The molecule has 4 aliphatic carbocycles. The Labute approximate surface area is 222 Å². The van der Waals surface area contributed by atoms with Crippen LogP contribution in [0, 0.1) is 46.3 Å². The van der Waals surface area contributed by atoms with E-state index >= 15 is 0 Å². The van der Waals surface area contributed by atoms with Gasteiger partial charge in [0.15, 0.2) is 6.61 Å². The van der Waals surface area contributed by atoms with Crippen molar-refractivity contribution in [3.05, 3.63) is 0 Å². The lowest BCUT2D eigenvalue weighted by molar-refractivity contribution is -0.207. The van der Waals surface area contributed by atoms with Crippen molar-refractivity contribution in [2.24, 2.45) is 46.3 Å². The zero-order chi connectivity index (χ0) is 27.0. The minimum Gasteiger partial charge on any atom is -0.463 e. The number of carbonyl (C=O) groups excluding carboxylic acids is 2. The van der Waals surface area contributed by atoms with Crippen molar-refractivity contribution in [2.75, 3.05) is 13.2 Å². The maximum absolute atomic E-state index is 12.3. The van der Waals surface area contributed by atoms with Gasteiger partial charge in [0.25, 0.3) is 0 Å². The first-order valence-electron chi connectivity index (χ1n) is 14.9. The molecule has 0 heterocycles. The molecule has 0 unspecified atom stereocenters. The summed E-state index contributed by atoms with van der Waals surface area (Å²) in [5.74, 6) is 0.645. The van der Waals surface area contributed by atoms with Crippen LogP contribution in [0.25, 0.3) is 0 Å². The Morgan fingerprint density at radius 3 is 2.46 bits per heavy atom. The molecule has 0 aromatic rings. The van der Waals surface area contributed by atoms with Crippen LogP contribution < -0.4 is 0 Å². The molecule has 37 heavy (non-hydrogen) atoms. The van der Waals surface area contributed by atoms with E-state index in [4.69, 9.17) is 9.47 Å². The average molecular weight is 523 g/mol. The van der Waals surface area contributed by atoms with Crippen LogP contribution in [0.4, 0.5) is 0 Å². The second-order valence-electron chi connectivity index (χ2n) is 13.3. The normalized spacial score (nSPS) is 43.8. The van der Waals surface area contributed by atoms with E-state index in [9.17, 15) is 24.9 Å². The summed E-state index contributed by atoms with van der Waals surface area (Å²) < 4.78 is 10.2. The highest BCUT2D eigenvalue weighted by molar-refractivity contribution is 5.76. The minimum absolute atomic E-state index is 0.0661. The maximum Gasteiger partial charge on any atom is 0.344 e. The van der Waals surface area contributed by atoms with E-state index < -0.39 is 12.1 Å². The lowest BCUT2D eigenvalue weighted by Gasteiger charge is -2.63. The molecule has 7 nitrogen and oxygen atoms in total. The van der Waals surface area contributed by atoms with Gasteiger partial charge in [-0.15, -0.1) is 0 Å². The Hall–Kier alpha value is -1.18. The molecule has 212 valence electrons. The van der Waals surface area contributed by atoms with Crippen LogP contribution in [-0.4, -0.2) is 58.8 Å². The summed E-state index contributed by atoms with van der Waals surface area (Å²) in [6.07, 6.45) is 7.55. The van der Waals surface area contributed by atoms with E-state index in [0.717, 1.165) is 51.4 Å². The fourth-order valence-corrected chi connectivity index (χ4v) is 9.26. The number of rotatable bonds is 9. The van der Waals surface area contributed by atoms with Crippen molar-refractivity contribution in [3.8, 4) is 0 Å². The van der Waals surface area contributed by atoms with Gasteiger partial charge in [-0.2, -0.15) is 0 Å². The molecular formula is C30H50O7. The minimum atomic E-state index is -0.504. The monoisotopic (exact) mass is 522 g/mol. The molecular weight excluding hydrogens is 472 g/mol. The number of carbonyl (C=O) groups is 2. The van der Waals surface area contributed by atoms with Gasteiger partial charge in [-0.05, 0) is 104 Å². The molecule has 3 N–H and O–H groups in total. The number of ether oxygens (including phenoxy) is 2. The summed E-state index contributed by atoms with van der Waals surface area (Å²) in [7, 11) is 0. The predicted molar refractivity (Wildman–Crippen MR) is 139 cm³/mol. The van der Waals surface area contributed by atoms with Crippen molar-refractivity contribution in [1.82, 2.24) is 0 Å². The van der Waals surface area contributed by atoms with Crippen LogP contribution >= 0.6 is 0 Å². The van der Waals surface area contributed by atoms with Crippen molar-refractivity contribution in [3.63, 3.8) is 0 Å². The van der Waals surface area contributed by atoms with Gasteiger partial charge in [0.05, 0.1) is 24.9 Å². The summed E-state index contributed by atoms with van der Waals surface area (Å²) in [5.41, 5.74) is -0.220. The topological polar surface area (TPSA) is 113 Å². The highest BCUT2D eigenvalue weighted by Crippen LogP contribution is 2.68. The number of fused-ring (bicyclic) bond motifs is 5. The molecule has 0 aromatic carbocycles. The van der Waals surface area contributed by atoms with Crippen LogP contribution in [0.15, 0.2) is 0 Å². The lowest BCUT2D eigenvalue weighted by atomic mass is 9.43. The van der Waals surface area contributed by atoms with Gasteiger partial charge in [0, 0.05) is 6.42 Å². The summed E-state index contributed by atoms with van der Waals surface area (Å²) in [6, 6.07) is 0. The number of hydrogen-bond acceptors (Lipinski definition) is 7. The maximum atomic E-state index is 12.3. The Morgan fingerprint density at radius 2 is 1.73 bits per heavy atom. The van der Waals surface area contributed by atoms with Gasteiger partial charge in [-0.3, -0.25) is 4.79 Å². The molecule has 4 saturated carbocycles. The SMILES string of the molecule is CCCCOC(=O)COC(=O)CC[C@@H](C)[C@H]1CC[C@H]2[C@@H]3[C@H](O)C[C@@H]4C[C@H](O)CC[C@]4(C)[C@H]3C[C@H](O)[C@]12C. The molecule has 0 bridgehead atoms. The second-order valence-corrected chi connectivity index (χ2v) is 13.3. The summed E-state index contributed by atoms with van der Waals surface area (Å²) in [4.78, 5) is 24.0. The first-order valence-corrected chi connectivity index (χ1v) is 14.9. The fraction of sp³-hybridized carbons (Fsp3) is 0.933. The Kier molecular flexibility index (Phi) is 8.97. The third kappa shape index (κ3) is 5.47. The van der Waals surface area contributed by atoms with Crippen molar-refractivity contribution in [2.45, 2.75) is 117 Å². The molecule has 0 aliphatic heterocycles. The second kappa shape index (κ2) is 11.5. The molecule has 4 aliphatic rings. The molecule has 0 radical (unpaired) electrons. The summed E-state index contributed by atoms with van der Waals surface area (Å²) >= 11 is 0. The van der Waals surface area contributed by atoms with Gasteiger partial charge >= 0.3 is 11.9 Å². The zero-order valence-corrected chi connectivity index (χ0v) is 23.4. The summed E-state index contributed by atoms with van der Waals surface area (Å²) in [6.45, 7) is 8.78. The van der Waals surface area contributed by atoms with E-state index in [1.54, 1.807) is 0 Å². The molecule has 0 saturated heterocycles. The third-order valence-electron chi connectivity index (χ3n) is 11.4. The highest BCUT2D eigenvalue weighted by atomic mass is 16.6. The fourth-order valence-electron chi connectivity index (χ4n) is 9.26. The quantitative estimate of drug-likeness (QED) is 0.306. The van der Waals surface area contributed by atoms with Crippen LogP contribution in [0.2, 0.25) is 0 Å². The molecule has 0 aromatic heterocycles. The van der Waals surface area contributed by atoms with Crippen LogP contribution in [0.1, 0.15) is 98.3 Å². The number of hydrogen-bond donors (Lipinski definition) is 3. The first-order chi connectivity index (χ1) is 17.5. The Bertz CT molecular complexity index is 816. The first kappa shape index (κ1) is 28.8. The van der Waals surface area contributed by atoms with E-state index in [2.05, 4.69) is 20.8 Å². The van der Waals surface area contributed by atoms with E-state index in [-0.39, 0.29) is 71.6 Å². The van der Waals surface area contributed by atoms with Crippen molar-refractivity contribution in [1.29, 1.82) is 0 Å². The zero-order valence-electron chi connectivity index (χ0n) is 23.4. The smallest absolute Gasteiger partial charge is 0.344 e. The molecule has 0 amide bonds. The van der Waals surface area contributed by atoms with Crippen molar-refractivity contribution < 1.29 is 34.4 Å². The standard InChI is InChI=1S/C30H50O7/c1-5-6-13-36-27(35)17-37-26(34)10-7-18(2)21-8-9-22-28-23(16-25(33)30(21,22)4)29(3)12-11-20(31)14-19(29)15-24(28)32/h18-25,28,31-33H,5-17H2,1-4H3/t18-,19+,20-,21-,22+,23+,24-,25+,28+,29+,30-/m1/s1. The average Bonchev–Trinajstić information content (AvgIpc) is 3.21. The van der Waals surface area contributed by atoms with Crippen LogP contribution in [0.3, 0.4) is 0 Å². The van der Waals surface area contributed by atoms with E-state index in [1.807, 2.05) is 6.92 Å². The Balaban J connectivity index is 1.37. The molecule has 7 heteroatoms. The number of aliphatic hydroxyl groups is 3. The van der Waals surface area contributed by atoms with Gasteiger partial charge < -0.3 is 24.8 Å². The predicted octanol–water partition coefficient (Wildman–Crippen LogP) is 4.25. The van der Waals surface area contributed by atoms with Gasteiger partial charge in [0.1, 0.15) is 0 Å². The van der Waals surface area contributed by atoms with Crippen molar-refractivity contribution >= 4 is 11.9 Å². The van der Waals surface area contributed by atoms with Gasteiger partial charge in [-0.25, -0.2) is 4.79 Å². The highest BCUT2D eigenvalue weighted by Gasteiger charge is 2.65. The Morgan fingerprint density at radius 1 is 0.973 bits per heavy atom. The van der Waals surface area contributed by atoms with Gasteiger partial charge in [0.2, 0.25) is 0 Å². The number of aliphatic hydroxyl groups excluding tert-OH is 3. The molecule has 4 rings (SSSR count). The number of unbranched alkanes of at least 4 members (excludes halogenated alkanes) is 1. The van der Waals surface area contributed by atoms with Gasteiger partial charge in [-0.1, -0.05) is 34.1 Å². The largest absolute Gasteiger partial charge is 0.463 e. The third-order valence-corrected chi connectivity index (χ3v) is 11.4. The summed E-state index contributed by atoms with van der Waals surface area (Å²) in [5, 5.41) is 33.4. The van der Waals surface area contributed by atoms with Crippen LogP contribution in [0.5, 0.6) is 0 Å². The molecule has 0 spiro atoms. The molecule has 11 atom stereocenters. The lowest BCUT2D eigenvalue weighted by Crippen LogP contribution is -2.62. The van der Waals surface area contributed by atoms with E-state index in [0.29, 0.717) is 25.4 Å². The number of esters is 2. The molecule has 4 fully saturated rings.